The summed E-state index contributed by atoms with van der Waals surface area (Å²) < 4.78 is 10.4. The molecule has 7 nitrogen and oxygen atoms in total. The van der Waals surface area contributed by atoms with Crippen molar-refractivity contribution in [1.82, 2.24) is 9.97 Å². The van der Waals surface area contributed by atoms with E-state index in [1.54, 1.807) is 19.1 Å². The number of ether oxygens (including phenoxy) is 2. The molecule has 0 bridgehead atoms. The number of benzene rings is 1. The summed E-state index contributed by atoms with van der Waals surface area (Å²) in [5.74, 6) is 1.10. The number of carbonyl (C=O) groups excluding carboxylic acids is 1. The van der Waals surface area contributed by atoms with E-state index in [0.717, 1.165) is 30.3 Å². The molecule has 1 saturated heterocycles. The van der Waals surface area contributed by atoms with Crippen LogP contribution in [0.3, 0.4) is 0 Å². The lowest BCUT2D eigenvalue weighted by atomic mass is 10.2. The number of nitrogens with one attached hydrogen (secondary N) is 1. The lowest BCUT2D eigenvalue weighted by Gasteiger charge is -2.28. The van der Waals surface area contributed by atoms with Crippen LogP contribution in [0.1, 0.15) is 23.0 Å². The van der Waals surface area contributed by atoms with Crippen molar-refractivity contribution >= 4 is 23.4 Å². The van der Waals surface area contributed by atoms with Crippen molar-refractivity contribution in [3.63, 3.8) is 0 Å². The van der Waals surface area contributed by atoms with Gasteiger partial charge in [0.1, 0.15) is 5.82 Å². The average Bonchev–Trinajstić information content (AvgIpc) is 2.63. The van der Waals surface area contributed by atoms with Gasteiger partial charge in [0, 0.05) is 30.5 Å². The highest BCUT2D eigenvalue weighted by atomic mass is 16.5. The van der Waals surface area contributed by atoms with E-state index >= 15 is 0 Å². The van der Waals surface area contributed by atoms with Crippen LogP contribution in [-0.4, -0.2) is 48.8 Å². The SMILES string of the molecule is CCOC(=O)c1ccc(Nc2nc(C)cc(N3CCOCC3)n2)cc1. The Balaban J connectivity index is 1.73. The molecule has 0 amide bonds. The number of aryl methyl sites for hydroxylation is 1. The first-order chi connectivity index (χ1) is 12.2. The molecule has 7 heteroatoms. The molecule has 2 heterocycles. The third-order valence-corrected chi connectivity index (χ3v) is 3.83. The Bertz CT molecular complexity index is 728. The summed E-state index contributed by atoms with van der Waals surface area (Å²) in [6.07, 6.45) is 0. The summed E-state index contributed by atoms with van der Waals surface area (Å²) >= 11 is 0. The third kappa shape index (κ3) is 4.45. The number of aromatic nitrogens is 2. The first-order valence-electron chi connectivity index (χ1n) is 8.38. The normalized spacial score (nSPS) is 14.2. The van der Waals surface area contributed by atoms with Gasteiger partial charge in [-0.3, -0.25) is 0 Å². The molecule has 2 aromatic rings. The number of hydrogen-bond donors (Lipinski definition) is 1. The van der Waals surface area contributed by atoms with Crippen LogP contribution in [0.5, 0.6) is 0 Å². The Morgan fingerprint density at radius 2 is 1.96 bits per heavy atom. The molecule has 1 N–H and O–H groups in total. The largest absolute Gasteiger partial charge is 0.462 e. The van der Waals surface area contributed by atoms with E-state index in [1.807, 2.05) is 25.1 Å². The first-order valence-corrected chi connectivity index (χ1v) is 8.38. The van der Waals surface area contributed by atoms with Gasteiger partial charge < -0.3 is 19.7 Å². The fourth-order valence-electron chi connectivity index (χ4n) is 2.60. The highest BCUT2D eigenvalue weighted by Gasteiger charge is 2.14. The van der Waals surface area contributed by atoms with Crippen molar-refractivity contribution in [2.45, 2.75) is 13.8 Å². The molecule has 0 unspecified atom stereocenters. The van der Waals surface area contributed by atoms with Gasteiger partial charge in [0.05, 0.1) is 25.4 Å². The Labute approximate surface area is 147 Å². The molecular weight excluding hydrogens is 320 g/mol. The third-order valence-electron chi connectivity index (χ3n) is 3.83. The van der Waals surface area contributed by atoms with Gasteiger partial charge in [0.2, 0.25) is 5.95 Å². The van der Waals surface area contributed by atoms with E-state index in [0.29, 0.717) is 31.3 Å². The van der Waals surface area contributed by atoms with Gasteiger partial charge in [-0.1, -0.05) is 0 Å². The maximum atomic E-state index is 11.7. The molecule has 0 saturated carbocycles. The topological polar surface area (TPSA) is 76.6 Å². The first kappa shape index (κ1) is 17.2. The van der Waals surface area contributed by atoms with Gasteiger partial charge in [0.25, 0.3) is 0 Å². The smallest absolute Gasteiger partial charge is 0.338 e. The molecular formula is C18H22N4O3. The number of nitrogens with zero attached hydrogens (tertiary/aromatic N) is 3. The van der Waals surface area contributed by atoms with Crippen LogP contribution < -0.4 is 10.2 Å². The number of hydrogen-bond acceptors (Lipinski definition) is 7. The van der Waals surface area contributed by atoms with Crippen molar-refractivity contribution in [2.24, 2.45) is 0 Å². The summed E-state index contributed by atoms with van der Waals surface area (Å²) in [4.78, 5) is 22.9. The van der Waals surface area contributed by atoms with Crippen LogP contribution in [0, 0.1) is 6.92 Å². The summed E-state index contributed by atoms with van der Waals surface area (Å²) in [7, 11) is 0. The Morgan fingerprint density at radius 1 is 1.24 bits per heavy atom. The molecule has 0 spiro atoms. The zero-order valence-electron chi connectivity index (χ0n) is 14.5. The highest BCUT2D eigenvalue weighted by Crippen LogP contribution is 2.19. The van der Waals surface area contributed by atoms with Gasteiger partial charge in [-0.15, -0.1) is 0 Å². The monoisotopic (exact) mass is 342 g/mol. The fraction of sp³-hybridized carbons (Fsp3) is 0.389. The highest BCUT2D eigenvalue weighted by molar-refractivity contribution is 5.89. The van der Waals surface area contributed by atoms with Crippen LogP contribution in [0.4, 0.5) is 17.5 Å². The van der Waals surface area contributed by atoms with Gasteiger partial charge in [-0.25, -0.2) is 9.78 Å². The van der Waals surface area contributed by atoms with E-state index in [1.165, 1.54) is 0 Å². The summed E-state index contributed by atoms with van der Waals surface area (Å²) in [5.41, 5.74) is 2.22. The number of rotatable bonds is 5. The molecule has 1 fully saturated rings. The molecule has 0 radical (unpaired) electrons. The molecule has 1 aromatic carbocycles. The van der Waals surface area contributed by atoms with Gasteiger partial charge >= 0.3 is 5.97 Å². The maximum absolute atomic E-state index is 11.7. The fourth-order valence-corrected chi connectivity index (χ4v) is 2.60. The Kier molecular flexibility index (Phi) is 5.45. The molecule has 1 aliphatic heterocycles. The predicted octanol–water partition coefficient (Wildman–Crippen LogP) is 2.54. The number of morpholine rings is 1. The van der Waals surface area contributed by atoms with E-state index in [4.69, 9.17) is 9.47 Å². The quantitative estimate of drug-likeness (QED) is 0.837. The number of carbonyl (C=O) groups is 1. The molecule has 1 aromatic heterocycles. The van der Waals surface area contributed by atoms with Crippen molar-refractivity contribution < 1.29 is 14.3 Å². The summed E-state index contributed by atoms with van der Waals surface area (Å²) in [6.45, 7) is 7.16. The van der Waals surface area contributed by atoms with E-state index in [2.05, 4.69) is 20.2 Å². The number of esters is 1. The van der Waals surface area contributed by atoms with Crippen LogP contribution in [0.25, 0.3) is 0 Å². The van der Waals surface area contributed by atoms with Gasteiger partial charge in [-0.2, -0.15) is 4.98 Å². The second-order valence-corrected chi connectivity index (χ2v) is 5.71. The predicted molar refractivity (Wildman–Crippen MR) is 95.5 cm³/mol. The van der Waals surface area contributed by atoms with Crippen LogP contribution >= 0.6 is 0 Å². The van der Waals surface area contributed by atoms with Crippen LogP contribution in [-0.2, 0) is 9.47 Å². The minimum atomic E-state index is -0.324. The van der Waals surface area contributed by atoms with Crippen molar-refractivity contribution in [1.29, 1.82) is 0 Å². The minimum absolute atomic E-state index is 0.324. The van der Waals surface area contributed by atoms with Crippen LogP contribution in [0.2, 0.25) is 0 Å². The van der Waals surface area contributed by atoms with Gasteiger partial charge in [0.15, 0.2) is 0 Å². The lowest BCUT2D eigenvalue weighted by Crippen LogP contribution is -2.36. The Hall–Kier alpha value is -2.67. The molecule has 0 atom stereocenters. The summed E-state index contributed by atoms with van der Waals surface area (Å²) in [5, 5.41) is 3.19. The Morgan fingerprint density at radius 3 is 2.64 bits per heavy atom. The van der Waals surface area contributed by atoms with Gasteiger partial charge in [-0.05, 0) is 38.1 Å². The second-order valence-electron chi connectivity index (χ2n) is 5.71. The maximum Gasteiger partial charge on any atom is 0.338 e. The molecule has 0 aliphatic carbocycles. The zero-order valence-corrected chi connectivity index (χ0v) is 14.5. The summed E-state index contributed by atoms with van der Waals surface area (Å²) in [6, 6.07) is 9.04. The standard InChI is InChI=1S/C18H22N4O3/c1-3-25-17(23)14-4-6-15(7-5-14)20-18-19-13(2)12-16(21-18)22-8-10-24-11-9-22/h4-7,12H,3,8-11H2,1-2H3,(H,19,20,21). The molecule has 1 aliphatic rings. The van der Waals surface area contributed by atoms with E-state index in [9.17, 15) is 4.79 Å². The number of anilines is 3. The average molecular weight is 342 g/mol. The van der Waals surface area contributed by atoms with Crippen molar-refractivity contribution in [3.05, 3.63) is 41.6 Å². The lowest BCUT2D eigenvalue weighted by molar-refractivity contribution is 0.0526. The van der Waals surface area contributed by atoms with Crippen LogP contribution in [0.15, 0.2) is 30.3 Å². The zero-order chi connectivity index (χ0) is 17.6. The second kappa shape index (κ2) is 7.94. The molecule has 25 heavy (non-hydrogen) atoms. The minimum Gasteiger partial charge on any atom is -0.462 e. The van der Waals surface area contributed by atoms with Crippen molar-refractivity contribution in [3.8, 4) is 0 Å². The van der Waals surface area contributed by atoms with E-state index in [-0.39, 0.29) is 5.97 Å². The van der Waals surface area contributed by atoms with Crippen molar-refractivity contribution in [2.75, 3.05) is 43.1 Å². The molecule has 3 rings (SSSR count). The van der Waals surface area contributed by atoms with E-state index < -0.39 is 0 Å². The molecule has 132 valence electrons.